The zero-order valence-corrected chi connectivity index (χ0v) is 15.3. The average Bonchev–Trinajstić information content (AvgIpc) is 3.16. The minimum atomic E-state index is -0.389. The van der Waals surface area contributed by atoms with E-state index in [1.165, 1.54) is 0 Å². The van der Waals surface area contributed by atoms with Crippen molar-refractivity contribution >= 4 is 17.5 Å². The Balaban J connectivity index is 1.50. The van der Waals surface area contributed by atoms with Crippen molar-refractivity contribution in [2.75, 3.05) is 6.61 Å². The molecule has 0 aliphatic heterocycles. The molecule has 0 aliphatic rings. The van der Waals surface area contributed by atoms with Gasteiger partial charge in [-0.25, -0.2) is 0 Å². The maximum absolute atomic E-state index is 12.1. The summed E-state index contributed by atoms with van der Waals surface area (Å²) in [5.41, 5.74) is 1.57. The molecule has 2 heterocycles. The number of pyridine rings is 1. The zero-order valence-electron chi connectivity index (χ0n) is 14.5. The molecule has 0 unspecified atom stereocenters. The standard InChI is InChI=1S/C19H19ClN4O3/c20-14-6-4-13(5-7-14)19-24-23-18(27-19)9-8-17(26)22-16(12-25)11-15-3-1-2-10-21-15/h1-7,10,16,25H,8-9,11-12H2,(H,22,26)/t16-/m0/s1. The number of hydrogen-bond donors (Lipinski definition) is 2. The summed E-state index contributed by atoms with van der Waals surface area (Å²) in [5.74, 6) is 0.557. The van der Waals surface area contributed by atoms with Crippen molar-refractivity contribution in [1.82, 2.24) is 20.5 Å². The number of aromatic nitrogens is 3. The first kappa shape index (κ1) is 19.0. The van der Waals surface area contributed by atoms with Crippen LogP contribution in [0.25, 0.3) is 11.5 Å². The fourth-order valence-corrected chi connectivity index (χ4v) is 2.64. The van der Waals surface area contributed by atoms with E-state index >= 15 is 0 Å². The second-order valence-corrected chi connectivity index (χ2v) is 6.42. The Morgan fingerprint density at radius 1 is 1.19 bits per heavy atom. The van der Waals surface area contributed by atoms with Gasteiger partial charge in [0.2, 0.25) is 17.7 Å². The summed E-state index contributed by atoms with van der Waals surface area (Å²) in [6, 6.07) is 12.2. The maximum Gasteiger partial charge on any atom is 0.247 e. The van der Waals surface area contributed by atoms with Gasteiger partial charge in [0.1, 0.15) is 0 Å². The Morgan fingerprint density at radius 2 is 2.00 bits per heavy atom. The molecule has 0 fully saturated rings. The van der Waals surface area contributed by atoms with Crippen LogP contribution in [-0.4, -0.2) is 38.8 Å². The third-order valence-electron chi connectivity index (χ3n) is 3.89. The highest BCUT2D eigenvalue weighted by Crippen LogP contribution is 2.20. The van der Waals surface area contributed by atoms with Crippen LogP contribution in [0.1, 0.15) is 18.0 Å². The molecule has 3 aromatic rings. The number of rotatable bonds is 8. The van der Waals surface area contributed by atoms with Crippen LogP contribution in [0.15, 0.2) is 53.1 Å². The van der Waals surface area contributed by atoms with E-state index in [1.54, 1.807) is 30.5 Å². The van der Waals surface area contributed by atoms with Gasteiger partial charge in [-0.1, -0.05) is 17.7 Å². The first-order chi connectivity index (χ1) is 13.1. The number of aryl methyl sites for hydroxylation is 1. The minimum absolute atomic E-state index is 0.163. The second kappa shape index (κ2) is 9.25. The van der Waals surface area contributed by atoms with Crippen LogP contribution in [0.4, 0.5) is 0 Å². The Kier molecular flexibility index (Phi) is 6.51. The highest BCUT2D eigenvalue weighted by atomic mass is 35.5. The minimum Gasteiger partial charge on any atom is -0.421 e. The number of amides is 1. The van der Waals surface area contributed by atoms with Gasteiger partial charge in [-0.05, 0) is 36.4 Å². The predicted molar refractivity (Wildman–Crippen MR) is 100 cm³/mol. The summed E-state index contributed by atoms with van der Waals surface area (Å²) in [5, 5.41) is 20.9. The zero-order chi connectivity index (χ0) is 19.1. The van der Waals surface area contributed by atoms with Crippen LogP contribution in [0, 0.1) is 0 Å². The molecule has 0 radical (unpaired) electrons. The van der Waals surface area contributed by atoms with Crippen molar-refractivity contribution in [3.8, 4) is 11.5 Å². The number of hydrogen-bond acceptors (Lipinski definition) is 6. The van der Waals surface area contributed by atoms with Crippen molar-refractivity contribution < 1.29 is 14.3 Å². The van der Waals surface area contributed by atoms with Crippen LogP contribution < -0.4 is 5.32 Å². The first-order valence-electron chi connectivity index (χ1n) is 8.52. The van der Waals surface area contributed by atoms with Crippen LogP contribution >= 0.6 is 11.6 Å². The normalized spacial score (nSPS) is 11.9. The molecular weight excluding hydrogens is 368 g/mol. The number of nitrogens with zero attached hydrogens (tertiary/aromatic N) is 3. The Labute approximate surface area is 161 Å². The molecule has 1 atom stereocenters. The summed E-state index contributed by atoms with van der Waals surface area (Å²) in [7, 11) is 0. The van der Waals surface area contributed by atoms with Crippen LogP contribution in [0.3, 0.4) is 0 Å². The molecule has 0 saturated carbocycles. The molecular formula is C19H19ClN4O3. The number of halogens is 1. The molecule has 27 heavy (non-hydrogen) atoms. The molecule has 0 aliphatic carbocycles. The molecule has 8 heteroatoms. The Bertz CT molecular complexity index is 868. The number of nitrogens with one attached hydrogen (secondary N) is 1. The number of carbonyl (C=O) groups excluding carboxylic acids is 1. The molecule has 0 saturated heterocycles. The van der Waals surface area contributed by atoms with Gasteiger partial charge >= 0.3 is 0 Å². The molecule has 140 valence electrons. The average molecular weight is 387 g/mol. The molecule has 0 bridgehead atoms. The van der Waals surface area contributed by atoms with Crippen molar-refractivity contribution in [2.24, 2.45) is 0 Å². The maximum atomic E-state index is 12.1. The highest BCUT2D eigenvalue weighted by Gasteiger charge is 2.15. The third kappa shape index (κ3) is 5.60. The lowest BCUT2D eigenvalue weighted by atomic mass is 10.1. The third-order valence-corrected chi connectivity index (χ3v) is 4.14. The van der Waals surface area contributed by atoms with Gasteiger partial charge in [0.15, 0.2) is 0 Å². The first-order valence-corrected chi connectivity index (χ1v) is 8.90. The molecule has 7 nitrogen and oxygen atoms in total. The van der Waals surface area contributed by atoms with Crippen LogP contribution in [0.5, 0.6) is 0 Å². The largest absolute Gasteiger partial charge is 0.421 e. The monoisotopic (exact) mass is 386 g/mol. The van der Waals surface area contributed by atoms with E-state index in [1.807, 2.05) is 18.2 Å². The Hall–Kier alpha value is -2.77. The van der Waals surface area contributed by atoms with E-state index in [0.717, 1.165) is 11.3 Å². The summed E-state index contributed by atoms with van der Waals surface area (Å²) < 4.78 is 5.58. The fraction of sp³-hybridized carbons (Fsp3) is 0.263. The molecule has 0 spiro atoms. The lowest BCUT2D eigenvalue weighted by Crippen LogP contribution is -2.39. The van der Waals surface area contributed by atoms with Crippen molar-refractivity contribution in [1.29, 1.82) is 0 Å². The lowest BCUT2D eigenvalue weighted by Gasteiger charge is -2.15. The van der Waals surface area contributed by atoms with Crippen LogP contribution in [-0.2, 0) is 17.6 Å². The summed E-state index contributed by atoms with van der Waals surface area (Å²) in [6.45, 7) is -0.163. The Morgan fingerprint density at radius 3 is 2.70 bits per heavy atom. The number of carbonyl (C=O) groups is 1. The van der Waals surface area contributed by atoms with Gasteiger partial charge in [-0.15, -0.1) is 10.2 Å². The van der Waals surface area contributed by atoms with Crippen LogP contribution in [0.2, 0.25) is 5.02 Å². The second-order valence-electron chi connectivity index (χ2n) is 5.98. The van der Waals surface area contributed by atoms with E-state index < -0.39 is 0 Å². The summed E-state index contributed by atoms with van der Waals surface area (Å²) in [4.78, 5) is 16.3. The van der Waals surface area contributed by atoms with Crippen molar-refractivity contribution in [2.45, 2.75) is 25.3 Å². The number of aliphatic hydroxyl groups is 1. The molecule has 1 amide bonds. The molecule has 3 rings (SSSR count). The summed E-state index contributed by atoms with van der Waals surface area (Å²) in [6.07, 6.45) is 2.64. The van der Waals surface area contributed by atoms with Gasteiger partial charge in [-0.2, -0.15) is 0 Å². The molecule has 1 aromatic carbocycles. The summed E-state index contributed by atoms with van der Waals surface area (Å²) >= 11 is 5.86. The van der Waals surface area contributed by atoms with E-state index in [0.29, 0.717) is 29.6 Å². The van der Waals surface area contributed by atoms with Crippen molar-refractivity contribution in [3.63, 3.8) is 0 Å². The SMILES string of the molecule is O=C(CCc1nnc(-c2ccc(Cl)cc2)o1)N[C@H](CO)Cc1ccccn1. The highest BCUT2D eigenvalue weighted by molar-refractivity contribution is 6.30. The van der Waals surface area contributed by atoms with Gasteiger partial charge in [0.05, 0.1) is 12.6 Å². The topological polar surface area (TPSA) is 101 Å². The molecule has 2 N–H and O–H groups in total. The lowest BCUT2D eigenvalue weighted by molar-refractivity contribution is -0.122. The smallest absolute Gasteiger partial charge is 0.247 e. The van der Waals surface area contributed by atoms with E-state index in [-0.39, 0.29) is 25.0 Å². The quantitative estimate of drug-likeness (QED) is 0.616. The van der Waals surface area contributed by atoms with E-state index in [4.69, 9.17) is 16.0 Å². The van der Waals surface area contributed by atoms with Gasteiger partial charge in [0.25, 0.3) is 0 Å². The van der Waals surface area contributed by atoms with E-state index in [9.17, 15) is 9.90 Å². The van der Waals surface area contributed by atoms with Crippen molar-refractivity contribution in [3.05, 3.63) is 65.3 Å². The number of benzene rings is 1. The fourth-order valence-electron chi connectivity index (χ4n) is 2.52. The molecule has 2 aromatic heterocycles. The van der Waals surface area contributed by atoms with E-state index in [2.05, 4.69) is 20.5 Å². The predicted octanol–water partition coefficient (Wildman–Crippen LogP) is 2.44. The van der Waals surface area contributed by atoms with Gasteiger partial charge < -0.3 is 14.8 Å². The number of aliphatic hydroxyl groups excluding tert-OH is 1. The van der Waals surface area contributed by atoms with Gasteiger partial charge in [0, 0.05) is 41.7 Å². The van der Waals surface area contributed by atoms with Gasteiger partial charge in [-0.3, -0.25) is 9.78 Å².